The Morgan fingerprint density at radius 3 is 1.13 bits per heavy atom. The monoisotopic (exact) mass is 876 g/mol. The summed E-state index contributed by atoms with van der Waals surface area (Å²) in [6, 6.07) is 76.8. The summed E-state index contributed by atoms with van der Waals surface area (Å²) in [5.74, 6) is 1.06. The lowest BCUT2D eigenvalue weighted by Gasteiger charge is -2.22. The second-order valence-corrected chi connectivity index (χ2v) is 20.8. The van der Waals surface area contributed by atoms with Crippen LogP contribution < -0.4 is 0 Å². The first-order valence-corrected chi connectivity index (χ1v) is 24.6. The van der Waals surface area contributed by atoms with Gasteiger partial charge in [-0.1, -0.05) is 250 Å². The van der Waals surface area contributed by atoms with Gasteiger partial charge in [0.25, 0.3) is 0 Å². The van der Waals surface area contributed by atoms with Crippen LogP contribution in [-0.2, 0) is 10.8 Å². The van der Waals surface area contributed by atoms with Gasteiger partial charge in [0.2, 0.25) is 0 Å². The molecule has 0 N–H and O–H groups in total. The molecule has 0 saturated heterocycles. The Morgan fingerprint density at radius 1 is 0.265 bits per heavy atom. The van der Waals surface area contributed by atoms with Crippen molar-refractivity contribution in [3.8, 4) is 66.8 Å². The minimum atomic E-state index is 0.00976. The Labute approximate surface area is 404 Å². The highest BCUT2D eigenvalue weighted by atomic mass is 14.4. The SMILES string of the molecule is CC(C)c1ccc(-c2ccc(-c3ccc4c(c3)C(C)(C)c3ccccc3-4)c3ccccc23)cc1.CC(C)c1ccc(-c2ccc(-c3ccc4c(c3)C(C)(C)c3ccccc3-4)cc2)c2ccccc12. The van der Waals surface area contributed by atoms with Crippen molar-refractivity contribution < 1.29 is 0 Å². The summed E-state index contributed by atoms with van der Waals surface area (Å²) in [6.45, 7) is 18.4. The fraction of sp³-hybridized carbons (Fsp3) is 0.176. The second kappa shape index (κ2) is 16.8. The molecule has 0 nitrogen and oxygen atoms in total. The summed E-state index contributed by atoms with van der Waals surface area (Å²) in [5, 5.41) is 5.31. The molecule has 68 heavy (non-hydrogen) atoms. The highest BCUT2D eigenvalue weighted by Gasteiger charge is 2.36. The van der Waals surface area contributed by atoms with Crippen molar-refractivity contribution in [2.75, 3.05) is 0 Å². The van der Waals surface area contributed by atoms with Crippen LogP contribution in [0.1, 0.15) is 101 Å². The number of hydrogen-bond acceptors (Lipinski definition) is 0. The molecule has 0 saturated carbocycles. The Morgan fingerprint density at radius 2 is 0.618 bits per heavy atom. The van der Waals surface area contributed by atoms with Crippen LogP contribution in [0, 0.1) is 0 Å². The molecule has 10 aromatic carbocycles. The lowest BCUT2D eigenvalue weighted by atomic mass is 9.81. The van der Waals surface area contributed by atoms with E-state index in [-0.39, 0.29) is 10.8 Å². The Bertz CT molecular complexity index is 3540. The van der Waals surface area contributed by atoms with E-state index in [1.165, 1.54) is 122 Å². The van der Waals surface area contributed by atoms with Gasteiger partial charge in [0, 0.05) is 10.8 Å². The minimum absolute atomic E-state index is 0.00976. The predicted molar refractivity (Wildman–Crippen MR) is 293 cm³/mol. The third-order valence-electron chi connectivity index (χ3n) is 15.4. The quantitative estimate of drug-likeness (QED) is 0.156. The summed E-state index contributed by atoms with van der Waals surface area (Å²) in [4.78, 5) is 0. The number of hydrogen-bond donors (Lipinski definition) is 0. The van der Waals surface area contributed by atoms with Crippen molar-refractivity contribution in [2.24, 2.45) is 0 Å². The Hall–Kier alpha value is -7.28. The van der Waals surface area contributed by atoms with Crippen LogP contribution in [0.15, 0.2) is 206 Å². The number of rotatable bonds is 6. The molecule has 0 aromatic heterocycles. The molecule has 0 fully saturated rings. The molecule has 0 bridgehead atoms. The first-order chi connectivity index (χ1) is 32.9. The molecule has 2 aliphatic carbocycles. The molecular weight excluding hydrogens is 817 g/mol. The largest absolute Gasteiger partial charge is 0.0619 e. The maximum atomic E-state index is 2.42. The van der Waals surface area contributed by atoms with Gasteiger partial charge in [-0.3, -0.25) is 0 Å². The average molecular weight is 877 g/mol. The van der Waals surface area contributed by atoms with Crippen LogP contribution in [0.3, 0.4) is 0 Å². The van der Waals surface area contributed by atoms with E-state index in [1.54, 1.807) is 0 Å². The zero-order valence-electron chi connectivity index (χ0n) is 40.8. The second-order valence-electron chi connectivity index (χ2n) is 20.8. The van der Waals surface area contributed by atoms with E-state index in [0.717, 1.165) is 0 Å². The van der Waals surface area contributed by atoms with Crippen LogP contribution in [0.25, 0.3) is 88.3 Å². The molecular formula is C68H60. The molecule has 12 rings (SSSR count). The van der Waals surface area contributed by atoms with Gasteiger partial charge in [-0.15, -0.1) is 0 Å². The number of benzene rings is 10. The van der Waals surface area contributed by atoms with Gasteiger partial charge >= 0.3 is 0 Å². The normalized spacial score (nSPS) is 13.8. The molecule has 0 heterocycles. The average Bonchev–Trinajstić information content (AvgIpc) is 3.74. The van der Waals surface area contributed by atoms with E-state index in [9.17, 15) is 0 Å². The van der Waals surface area contributed by atoms with Gasteiger partial charge in [-0.2, -0.15) is 0 Å². The molecule has 0 heteroatoms. The molecule has 0 aliphatic heterocycles. The topological polar surface area (TPSA) is 0 Å². The third-order valence-corrected chi connectivity index (χ3v) is 15.4. The van der Waals surface area contributed by atoms with Gasteiger partial charge in [0.05, 0.1) is 0 Å². The Kier molecular flexibility index (Phi) is 10.7. The maximum Gasteiger partial charge on any atom is 0.0159 e. The summed E-state index contributed by atoms with van der Waals surface area (Å²) in [6.07, 6.45) is 0. The van der Waals surface area contributed by atoms with E-state index in [0.29, 0.717) is 11.8 Å². The van der Waals surface area contributed by atoms with E-state index in [2.05, 4.69) is 262 Å². The molecule has 0 amide bonds. The molecule has 332 valence electrons. The fourth-order valence-electron chi connectivity index (χ4n) is 11.5. The van der Waals surface area contributed by atoms with Crippen molar-refractivity contribution in [1.82, 2.24) is 0 Å². The van der Waals surface area contributed by atoms with E-state index in [1.807, 2.05) is 0 Å². The first-order valence-electron chi connectivity index (χ1n) is 24.6. The molecule has 2 aliphatic rings. The first kappa shape index (κ1) is 43.3. The standard InChI is InChI=1S/2C34H30/c1-22(2)26-19-20-27(29-10-6-5-9-28(26)29)24-15-13-23(14-16-24)25-17-18-31-30-11-7-8-12-32(30)34(3,4)33(31)21-25;1-22(2)23-13-15-24(16-14-23)26-19-20-27(29-10-6-5-9-28(26)29)25-17-18-31-30-11-7-8-12-32(30)34(3,4)33(31)21-25/h2*5-22H,1-4H3. The highest BCUT2D eigenvalue weighted by molar-refractivity contribution is 6.05. The molecule has 0 radical (unpaired) electrons. The predicted octanol–water partition coefficient (Wildman–Crippen LogP) is 19.2. The zero-order valence-corrected chi connectivity index (χ0v) is 40.8. The fourth-order valence-corrected chi connectivity index (χ4v) is 11.5. The summed E-state index contributed by atoms with van der Waals surface area (Å²) in [7, 11) is 0. The van der Waals surface area contributed by atoms with Crippen molar-refractivity contribution in [3.63, 3.8) is 0 Å². The van der Waals surface area contributed by atoms with Crippen molar-refractivity contribution >= 4 is 21.5 Å². The van der Waals surface area contributed by atoms with Crippen molar-refractivity contribution in [2.45, 2.75) is 78.1 Å². The number of fused-ring (bicyclic) bond motifs is 8. The van der Waals surface area contributed by atoms with Crippen LogP contribution in [0.2, 0.25) is 0 Å². The van der Waals surface area contributed by atoms with Crippen molar-refractivity contribution in [1.29, 1.82) is 0 Å². The Balaban J connectivity index is 0.000000149. The molecule has 0 unspecified atom stereocenters. The summed E-state index contributed by atoms with van der Waals surface area (Å²) in [5.41, 5.74) is 24.3. The van der Waals surface area contributed by atoms with E-state index >= 15 is 0 Å². The van der Waals surface area contributed by atoms with Crippen LogP contribution in [-0.4, -0.2) is 0 Å². The van der Waals surface area contributed by atoms with Gasteiger partial charge < -0.3 is 0 Å². The molecule has 0 atom stereocenters. The maximum absolute atomic E-state index is 2.42. The zero-order chi connectivity index (χ0) is 46.9. The van der Waals surface area contributed by atoms with Gasteiger partial charge in [-0.05, 0) is 146 Å². The lowest BCUT2D eigenvalue weighted by molar-refractivity contribution is 0.660. The molecule has 10 aromatic rings. The van der Waals surface area contributed by atoms with Crippen LogP contribution >= 0.6 is 0 Å². The molecule has 0 spiro atoms. The minimum Gasteiger partial charge on any atom is -0.0619 e. The van der Waals surface area contributed by atoms with Gasteiger partial charge in [0.15, 0.2) is 0 Å². The van der Waals surface area contributed by atoms with Crippen LogP contribution in [0.5, 0.6) is 0 Å². The van der Waals surface area contributed by atoms with Gasteiger partial charge in [-0.25, -0.2) is 0 Å². The van der Waals surface area contributed by atoms with Crippen molar-refractivity contribution in [3.05, 3.63) is 240 Å². The van der Waals surface area contributed by atoms with E-state index in [4.69, 9.17) is 0 Å². The van der Waals surface area contributed by atoms with Crippen LogP contribution in [0.4, 0.5) is 0 Å². The highest BCUT2D eigenvalue weighted by Crippen LogP contribution is 2.51. The van der Waals surface area contributed by atoms with Gasteiger partial charge in [0.1, 0.15) is 0 Å². The third kappa shape index (κ3) is 7.21. The summed E-state index contributed by atoms with van der Waals surface area (Å²) >= 11 is 0. The smallest absolute Gasteiger partial charge is 0.0159 e. The van der Waals surface area contributed by atoms with E-state index < -0.39 is 0 Å². The lowest BCUT2D eigenvalue weighted by Crippen LogP contribution is -2.14. The summed E-state index contributed by atoms with van der Waals surface area (Å²) < 4.78 is 0.